The van der Waals surface area contributed by atoms with Crippen LogP contribution in [0.25, 0.3) is 11.3 Å². The van der Waals surface area contributed by atoms with Gasteiger partial charge in [0.2, 0.25) is 10.0 Å². The monoisotopic (exact) mass is 404 g/mol. The molecule has 9 nitrogen and oxygen atoms in total. The lowest BCUT2D eigenvalue weighted by Crippen LogP contribution is -2.36. The zero-order chi connectivity index (χ0) is 20.1. The zero-order valence-corrected chi connectivity index (χ0v) is 16.4. The van der Waals surface area contributed by atoms with Crippen molar-refractivity contribution in [2.24, 2.45) is 5.92 Å². The van der Waals surface area contributed by atoms with E-state index in [1.54, 1.807) is 24.3 Å². The fourth-order valence-corrected chi connectivity index (χ4v) is 3.62. The molecule has 0 atom stereocenters. The molecule has 2 heterocycles. The van der Waals surface area contributed by atoms with Gasteiger partial charge in [-0.1, -0.05) is 12.1 Å². The number of hydrogen-bond acceptors (Lipinski definition) is 7. The Balaban J connectivity index is 1.77. The number of benzene rings is 1. The maximum absolute atomic E-state index is 12.5. The lowest BCUT2D eigenvalue weighted by molar-refractivity contribution is 0.0940. The molecular weight excluding hydrogens is 380 g/mol. The minimum atomic E-state index is -3.40. The summed E-state index contributed by atoms with van der Waals surface area (Å²) in [5.74, 6) is 0.120. The lowest BCUT2D eigenvalue weighted by atomic mass is 9.98. The number of rotatable bonds is 6. The van der Waals surface area contributed by atoms with Crippen LogP contribution < -0.4 is 21.1 Å². The van der Waals surface area contributed by atoms with Crippen molar-refractivity contribution >= 4 is 27.4 Å². The number of nitrogen functional groups attached to an aromatic ring is 1. The van der Waals surface area contributed by atoms with E-state index in [9.17, 15) is 13.2 Å². The molecule has 1 aromatic heterocycles. The lowest BCUT2D eigenvalue weighted by Gasteiger charge is -2.22. The minimum absolute atomic E-state index is 0.0528. The molecule has 1 amide bonds. The Kier molecular flexibility index (Phi) is 6.10. The van der Waals surface area contributed by atoms with E-state index in [0.717, 1.165) is 32.2 Å². The van der Waals surface area contributed by atoms with E-state index < -0.39 is 10.0 Å². The highest BCUT2D eigenvalue weighted by molar-refractivity contribution is 7.92. The van der Waals surface area contributed by atoms with Crippen LogP contribution in [0.15, 0.2) is 30.5 Å². The molecule has 28 heavy (non-hydrogen) atoms. The van der Waals surface area contributed by atoms with Crippen molar-refractivity contribution in [2.75, 3.05) is 36.3 Å². The van der Waals surface area contributed by atoms with Crippen LogP contribution in [0.2, 0.25) is 0 Å². The van der Waals surface area contributed by atoms with Gasteiger partial charge in [-0.05, 0) is 44.0 Å². The van der Waals surface area contributed by atoms with Crippen molar-refractivity contribution in [3.05, 3.63) is 36.2 Å². The van der Waals surface area contributed by atoms with Crippen molar-refractivity contribution in [2.45, 2.75) is 12.8 Å². The molecule has 0 radical (unpaired) electrons. The maximum atomic E-state index is 12.5. The molecule has 0 aliphatic carbocycles. The number of amides is 1. The maximum Gasteiger partial charge on any atom is 0.273 e. The smallest absolute Gasteiger partial charge is 0.273 e. The molecule has 150 valence electrons. The van der Waals surface area contributed by atoms with Crippen LogP contribution in [-0.2, 0) is 10.0 Å². The molecule has 1 fully saturated rings. The third-order valence-corrected chi connectivity index (χ3v) is 5.09. The Morgan fingerprint density at radius 2 is 2.07 bits per heavy atom. The number of sulfonamides is 1. The number of hydrogen-bond donors (Lipinski definition) is 4. The molecule has 10 heteroatoms. The van der Waals surface area contributed by atoms with Crippen molar-refractivity contribution in [3.8, 4) is 11.3 Å². The average molecular weight is 404 g/mol. The summed E-state index contributed by atoms with van der Waals surface area (Å²) in [4.78, 5) is 21.0. The van der Waals surface area contributed by atoms with Crippen molar-refractivity contribution < 1.29 is 13.2 Å². The summed E-state index contributed by atoms with van der Waals surface area (Å²) < 4.78 is 25.3. The van der Waals surface area contributed by atoms with Gasteiger partial charge in [-0.25, -0.2) is 18.4 Å². The first-order valence-electron chi connectivity index (χ1n) is 9.01. The van der Waals surface area contributed by atoms with E-state index >= 15 is 0 Å². The molecular formula is C18H24N6O3S. The second-order valence-electron chi connectivity index (χ2n) is 6.85. The number of piperidine rings is 1. The number of nitrogens with zero attached hydrogens (tertiary/aromatic N) is 2. The first kappa shape index (κ1) is 20.0. The SMILES string of the molecule is CS(=O)(=O)Nc1cccc(-c2cnc(N)c(C(=O)NCC3CCNCC3)n2)c1. The molecule has 1 aliphatic heterocycles. The van der Waals surface area contributed by atoms with E-state index in [1.807, 2.05) is 0 Å². The van der Waals surface area contributed by atoms with Gasteiger partial charge in [0.15, 0.2) is 11.5 Å². The quantitative estimate of drug-likeness (QED) is 0.559. The highest BCUT2D eigenvalue weighted by Gasteiger charge is 2.18. The molecule has 1 aromatic carbocycles. The first-order valence-corrected chi connectivity index (χ1v) is 10.9. The predicted molar refractivity (Wildman–Crippen MR) is 108 cm³/mol. The van der Waals surface area contributed by atoms with Crippen molar-refractivity contribution in [1.29, 1.82) is 0 Å². The molecule has 3 rings (SSSR count). The second-order valence-corrected chi connectivity index (χ2v) is 8.60. The molecule has 0 bridgehead atoms. The van der Waals surface area contributed by atoms with Crippen LogP contribution >= 0.6 is 0 Å². The molecule has 1 saturated heterocycles. The topological polar surface area (TPSA) is 139 Å². The van der Waals surface area contributed by atoms with Gasteiger partial charge in [0.1, 0.15) is 0 Å². The number of anilines is 2. The second kappa shape index (κ2) is 8.53. The van der Waals surface area contributed by atoms with Gasteiger partial charge in [0, 0.05) is 17.8 Å². The first-order chi connectivity index (χ1) is 13.3. The predicted octanol–water partition coefficient (Wildman–Crippen LogP) is 0.827. The number of carbonyl (C=O) groups is 1. The standard InChI is InChI=1S/C18H24N6O3S/c1-28(26,27)24-14-4-2-3-13(9-14)15-11-21-17(19)16(23-15)18(25)22-10-12-5-7-20-8-6-12/h2-4,9,11-12,20,24H,5-8,10H2,1H3,(H2,19,21)(H,22,25). The van der Waals surface area contributed by atoms with Crippen LogP contribution in [0.4, 0.5) is 11.5 Å². The highest BCUT2D eigenvalue weighted by atomic mass is 32.2. The van der Waals surface area contributed by atoms with Gasteiger partial charge in [0.05, 0.1) is 18.1 Å². The van der Waals surface area contributed by atoms with Crippen molar-refractivity contribution in [1.82, 2.24) is 20.6 Å². The summed E-state index contributed by atoms with van der Waals surface area (Å²) in [6, 6.07) is 6.70. The van der Waals surface area contributed by atoms with Gasteiger partial charge in [0.25, 0.3) is 5.91 Å². The van der Waals surface area contributed by atoms with Crippen LogP contribution in [0.5, 0.6) is 0 Å². The van der Waals surface area contributed by atoms with Gasteiger partial charge in [-0.2, -0.15) is 0 Å². The molecule has 0 unspecified atom stereocenters. The molecule has 0 spiro atoms. The summed E-state index contributed by atoms with van der Waals surface area (Å²) in [5, 5.41) is 6.18. The van der Waals surface area contributed by atoms with Gasteiger partial charge >= 0.3 is 0 Å². The number of aromatic nitrogens is 2. The van der Waals surface area contributed by atoms with Crippen LogP contribution in [0.3, 0.4) is 0 Å². The summed E-state index contributed by atoms with van der Waals surface area (Å²) in [5.41, 5.74) is 7.36. The van der Waals surface area contributed by atoms with Gasteiger partial charge in [-0.3, -0.25) is 9.52 Å². The number of nitrogens with two attached hydrogens (primary N) is 1. The van der Waals surface area contributed by atoms with E-state index in [4.69, 9.17) is 5.73 Å². The Bertz CT molecular complexity index is 958. The zero-order valence-electron chi connectivity index (χ0n) is 15.6. The van der Waals surface area contributed by atoms with E-state index in [1.165, 1.54) is 6.20 Å². The highest BCUT2D eigenvalue weighted by Crippen LogP contribution is 2.22. The summed E-state index contributed by atoms with van der Waals surface area (Å²) in [6.45, 7) is 2.48. The fraction of sp³-hybridized carbons (Fsp3) is 0.389. The Hall–Kier alpha value is -2.72. The van der Waals surface area contributed by atoms with Crippen LogP contribution in [0, 0.1) is 5.92 Å². The fourth-order valence-electron chi connectivity index (χ4n) is 3.07. The van der Waals surface area contributed by atoms with Gasteiger partial charge < -0.3 is 16.4 Å². The normalized spacial score (nSPS) is 15.2. The summed E-state index contributed by atoms with van der Waals surface area (Å²) >= 11 is 0. The third-order valence-electron chi connectivity index (χ3n) is 4.49. The Morgan fingerprint density at radius 1 is 1.32 bits per heavy atom. The van der Waals surface area contributed by atoms with E-state index in [2.05, 4.69) is 25.3 Å². The largest absolute Gasteiger partial charge is 0.382 e. The van der Waals surface area contributed by atoms with Crippen molar-refractivity contribution in [3.63, 3.8) is 0 Å². The molecule has 2 aromatic rings. The summed E-state index contributed by atoms with van der Waals surface area (Å²) in [6.07, 6.45) is 4.56. The van der Waals surface area contributed by atoms with E-state index in [-0.39, 0.29) is 17.4 Å². The number of nitrogens with one attached hydrogen (secondary N) is 3. The minimum Gasteiger partial charge on any atom is -0.382 e. The van der Waals surface area contributed by atoms with Crippen LogP contribution in [0.1, 0.15) is 23.3 Å². The molecule has 1 aliphatic rings. The Labute approximate surface area is 164 Å². The van der Waals surface area contributed by atoms with Crippen LogP contribution in [-0.4, -0.2) is 50.2 Å². The average Bonchev–Trinajstić information content (AvgIpc) is 2.66. The molecule has 0 saturated carbocycles. The van der Waals surface area contributed by atoms with Gasteiger partial charge in [-0.15, -0.1) is 0 Å². The Morgan fingerprint density at radius 3 is 2.79 bits per heavy atom. The van der Waals surface area contributed by atoms with E-state index in [0.29, 0.717) is 29.4 Å². The third kappa shape index (κ3) is 5.40. The summed E-state index contributed by atoms with van der Waals surface area (Å²) in [7, 11) is -3.40. The molecule has 5 N–H and O–H groups in total. The number of carbonyl (C=O) groups excluding carboxylic acids is 1.